The molecular formula is C15H21N3O2S. The molecule has 2 aliphatic heterocycles. The Morgan fingerprint density at radius 1 is 1.10 bits per heavy atom. The predicted molar refractivity (Wildman–Crippen MR) is 79.1 cm³/mol. The molecule has 4 rings (SSSR count). The second kappa shape index (κ2) is 5.02. The second-order valence-electron chi connectivity index (χ2n) is 6.51. The van der Waals surface area contributed by atoms with E-state index in [0.29, 0.717) is 0 Å². The van der Waals surface area contributed by atoms with Crippen molar-refractivity contribution in [2.75, 3.05) is 0 Å². The SMILES string of the molecule is O=S(=O)(C1CCCCC1)N1C2CCC1c1cncnc1C2. The van der Waals surface area contributed by atoms with Gasteiger partial charge in [0.1, 0.15) is 6.33 Å². The van der Waals surface area contributed by atoms with Crippen LogP contribution in [0.2, 0.25) is 0 Å². The average Bonchev–Trinajstić information content (AvgIpc) is 2.85. The molecule has 6 heteroatoms. The lowest BCUT2D eigenvalue weighted by molar-refractivity contribution is 0.291. The lowest BCUT2D eigenvalue weighted by Gasteiger charge is -2.37. The molecule has 2 fully saturated rings. The molecule has 2 atom stereocenters. The molecule has 1 saturated heterocycles. The van der Waals surface area contributed by atoms with E-state index in [1.807, 2.05) is 10.5 Å². The molecule has 2 bridgehead atoms. The molecule has 2 unspecified atom stereocenters. The Morgan fingerprint density at radius 2 is 1.90 bits per heavy atom. The van der Waals surface area contributed by atoms with Crippen LogP contribution in [0.15, 0.2) is 12.5 Å². The van der Waals surface area contributed by atoms with Gasteiger partial charge >= 0.3 is 0 Å². The first-order valence-corrected chi connectivity index (χ1v) is 9.49. The second-order valence-corrected chi connectivity index (χ2v) is 8.63. The van der Waals surface area contributed by atoms with Crippen molar-refractivity contribution in [2.24, 2.45) is 0 Å². The number of nitrogens with zero attached hydrogens (tertiary/aromatic N) is 3. The maximum Gasteiger partial charge on any atom is 0.217 e. The van der Waals surface area contributed by atoms with Crippen molar-refractivity contribution in [3.05, 3.63) is 23.8 Å². The van der Waals surface area contributed by atoms with Gasteiger partial charge in [0.05, 0.1) is 17.0 Å². The van der Waals surface area contributed by atoms with Gasteiger partial charge in [0.15, 0.2) is 0 Å². The average molecular weight is 307 g/mol. The van der Waals surface area contributed by atoms with Crippen molar-refractivity contribution in [3.8, 4) is 0 Å². The normalized spacial score (nSPS) is 30.3. The van der Waals surface area contributed by atoms with Gasteiger partial charge in [-0.3, -0.25) is 0 Å². The summed E-state index contributed by atoms with van der Waals surface area (Å²) in [6, 6.07) is 0.0937. The van der Waals surface area contributed by atoms with E-state index >= 15 is 0 Å². The molecule has 3 aliphatic rings. The van der Waals surface area contributed by atoms with Crippen LogP contribution in [-0.4, -0.2) is 34.0 Å². The summed E-state index contributed by atoms with van der Waals surface area (Å²) < 4.78 is 28.0. The molecule has 1 aromatic heterocycles. The molecule has 0 spiro atoms. The van der Waals surface area contributed by atoms with Gasteiger partial charge < -0.3 is 0 Å². The smallest absolute Gasteiger partial charge is 0.217 e. The summed E-state index contributed by atoms with van der Waals surface area (Å²) in [6.07, 6.45) is 10.9. The van der Waals surface area contributed by atoms with E-state index in [1.165, 1.54) is 6.42 Å². The van der Waals surface area contributed by atoms with Gasteiger partial charge in [-0.25, -0.2) is 18.4 Å². The highest BCUT2D eigenvalue weighted by Gasteiger charge is 2.49. The van der Waals surface area contributed by atoms with Crippen LogP contribution < -0.4 is 0 Å². The van der Waals surface area contributed by atoms with Crippen molar-refractivity contribution in [3.63, 3.8) is 0 Å². The molecule has 5 nitrogen and oxygen atoms in total. The van der Waals surface area contributed by atoms with Crippen LogP contribution in [-0.2, 0) is 16.4 Å². The zero-order valence-corrected chi connectivity index (χ0v) is 12.9. The van der Waals surface area contributed by atoms with Gasteiger partial charge in [-0.2, -0.15) is 4.31 Å². The van der Waals surface area contributed by atoms with Crippen molar-refractivity contribution in [2.45, 2.75) is 68.7 Å². The van der Waals surface area contributed by atoms with Crippen LogP contribution in [0.25, 0.3) is 0 Å². The summed E-state index contributed by atoms with van der Waals surface area (Å²) in [7, 11) is -3.19. The van der Waals surface area contributed by atoms with E-state index in [9.17, 15) is 8.42 Å². The third kappa shape index (κ3) is 2.11. The molecular weight excluding hydrogens is 286 g/mol. The topological polar surface area (TPSA) is 63.2 Å². The molecule has 1 saturated carbocycles. The summed E-state index contributed by atoms with van der Waals surface area (Å²) in [6.45, 7) is 0. The van der Waals surface area contributed by atoms with E-state index < -0.39 is 10.0 Å². The van der Waals surface area contributed by atoms with Crippen LogP contribution in [0.3, 0.4) is 0 Å². The van der Waals surface area contributed by atoms with E-state index in [-0.39, 0.29) is 17.3 Å². The highest BCUT2D eigenvalue weighted by atomic mass is 32.2. The Hall–Kier alpha value is -1.01. The quantitative estimate of drug-likeness (QED) is 0.840. The minimum absolute atomic E-state index is 0.0214. The largest absolute Gasteiger partial charge is 0.244 e. The first kappa shape index (κ1) is 13.6. The Morgan fingerprint density at radius 3 is 2.71 bits per heavy atom. The molecule has 0 amide bonds. The standard InChI is InChI=1S/C15H21N3O2S/c19-21(20,12-4-2-1-3-5-12)18-11-6-7-15(18)13-9-16-10-17-14(13)8-11/h9-12,15H,1-8H2. The van der Waals surface area contributed by atoms with Gasteiger partial charge in [-0.1, -0.05) is 19.3 Å². The van der Waals surface area contributed by atoms with Crippen LogP contribution in [0.4, 0.5) is 0 Å². The maximum absolute atomic E-state index is 13.1. The third-order valence-corrected chi connectivity index (χ3v) is 7.78. The van der Waals surface area contributed by atoms with Crippen LogP contribution >= 0.6 is 0 Å². The van der Waals surface area contributed by atoms with Crippen molar-refractivity contribution >= 4 is 10.0 Å². The number of sulfonamides is 1. The first-order valence-electron chi connectivity index (χ1n) is 7.99. The van der Waals surface area contributed by atoms with Gasteiger partial charge in [0.2, 0.25) is 10.0 Å². The van der Waals surface area contributed by atoms with E-state index in [1.54, 1.807) is 6.33 Å². The fourth-order valence-corrected chi connectivity index (χ4v) is 6.74. The Balaban J connectivity index is 1.70. The number of hydrogen-bond donors (Lipinski definition) is 0. The molecule has 21 heavy (non-hydrogen) atoms. The highest BCUT2D eigenvalue weighted by Crippen LogP contribution is 2.46. The Kier molecular flexibility index (Phi) is 3.26. The fraction of sp³-hybridized carbons (Fsp3) is 0.733. The Bertz CT molecular complexity index is 640. The summed E-state index contributed by atoms with van der Waals surface area (Å²) in [4.78, 5) is 8.47. The zero-order valence-electron chi connectivity index (χ0n) is 12.1. The number of aromatic nitrogens is 2. The van der Waals surface area contributed by atoms with Crippen LogP contribution in [0.5, 0.6) is 0 Å². The third-order valence-electron chi connectivity index (χ3n) is 5.32. The summed E-state index contributed by atoms with van der Waals surface area (Å²) in [5.74, 6) is 0. The Labute approximate surface area is 125 Å². The number of fused-ring (bicyclic) bond motifs is 4. The monoisotopic (exact) mass is 307 g/mol. The first-order chi connectivity index (χ1) is 10.2. The number of rotatable bonds is 2. The molecule has 0 N–H and O–H groups in total. The van der Waals surface area contributed by atoms with Gasteiger partial charge in [-0.05, 0) is 25.7 Å². The minimum atomic E-state index is -3.19. The summed E-state index contributed by atoms with van der Waals surface area (Å²) in [5, 5.41) is -0.166. The molecule has 114 valence electrons. The van der Waals surface area contributed by atoms with Gasteiger partial charge in [0, 0.05) is 24.2 Å². The molecule has 0 aromatic carbocycles. The molecule has 1 aliphatic carbocycles. The lowest BCUT2D eigenvalue weighted by Crippen LogP contribution is -2.46. The molecule has 1 aromatic rings. The summed E-state index contributed by atoms with van der Waals surface area (Å²) in [5.41, 5.74) is 2.08. The van der Waals surface area contributed by atoms with Gasteiger partial charge in [-0.15, -0.1) is 0 Å². The lowest BCUT2D eigenvalue weighted by atomic mass is 10.0. The van der Waals surface area contributed by atoms with Crippen LogP contribution in [0, 0.1) is 0 Å². The predicted octanol–water partition coefficient (Wildman–Crippen LogP) is 2.20. The van der Waals surface area contributed by atoms with Crippen molar-refractivity contribution in [1.82, 2.24) is 14.3 Å². The highest BCUT2D eigenvalue weighted by molar-refractivity contribution is 7.89. The molecule has 0 radical (unpaired) electrons. The minimum Gasteiger partial charge on any atom is -0.244 e. The van der Waals surface area contributed by atoms with Gasteiger partial charge in [0.25, 0.3) is 0 Å². The van der Waals surface area contributed by atoms with Crippen LogP contribution in [0.1, 0.15) is 62.2 Å². The fourth-order valence-electron chi connectivity index (χ4n) is 4.30. The van der Waals surface area contributed by atoms with Crippen molar-refractivity contribution in [1.29, 1.82) is 0 Å². The maximum atomic E-state index is 13.1. The number of hydrogen-bond acceptors (Lipinski definition) is 4. The van der Waals surface area contributed by atoms with Crippen molar-refractivity contribution < 1.29 is 8.42 Å². The molecule has 3 heterocycles. The van der Waals surface area contributed by atoms with E-state index in [2.05, 4.69) is 9.97 Å². The zero-order chi connectivity index (χ0) is 14.4. The van der Waals surface area contributed by atoms with E-state index in [4.69, 9.17) is 0 Å². The summed E-state index contributed by atoms with van der Waals surface area (Å²) >= 11 is 0. The van der Waals surface area contributed by atoms with E-state index in [0.717, 1.165) is 56.2 Å².